The molecule has 5 heteroatoms. The van der Waals surface area contributed by atoms with E-state index in [9.17, 15) is 5.11 Å². The van der Waals surface area contributed by atoms with Crippen LogP contribution in [0.1, 0.15) is 38.3 Å². The summed E-state index contributed by atoms with van der Waals surface area (Å²) in [6.45, 7) is 8.18. The molecule has 0 aromatic heterocycles. The molecule has 0 aliphatic carbocycles. The van der Waals surface area contributed by atoms with Gasteiger partial charge in [-0.1, -0.05) is 18.2 Å². The van der Waals surface area contributed by atoms with E-state index < -0.39 is 6.29 Å². The molecule has 1 aromatic carbocycles. The molecule has 0 spiro atoms. The first-order valence-electron chi connectivity index (χ1n) is 8.37. The van der Waals surface area contributed by atoms with Crippen LogP contribution in [0.3, 0.4) is 0 Å². The minimum absolute atomic E-state index is 0.00582. The second-order valence-corrected chi connectivity index (χ2v) is 8.37. The van der Waals surface area contributed by atoms with Crippen molar-refractivity contribution in [1.82, 2.24) is 4.90 Å². The van der Waals surface area contributed by atoms with Gasteiger partial charge >= 0.3 is 0 Å². The fourth-order valence-corrected chi connectivity index (χ4v) is 4.26. The van der Waals surface area contributed by atoms with E-state index in [-0.39, 0.29) is 11.8 Å². The van der Waals surface area contributed by atoms with Gasteiger partial charge in [-0.3, -0.25) is 4.90 Å². The molecule has 2 atom stereocenters. The monoisotopic (exact) mass is 337 g/mol. The molecule has 2 aliphatic rings. The zero-order valence-corrected chi connectivity index (χ0v) is 15.1. The van der Waals surface area contributed by atoms with Crippen LogP contribution < -0.4 is 0 Å². The summed E-state index contributed by atoms with van der Waals surface area (Å²) < 4.78 is 11.6. The first-order valence-corrected chi connectivity index (χ1v) is 9.36. The number of β-amino-alcohol motifs (C(OH)–C–C–N with tert-alkyl or cyclic N) is 1. The number of aryl methyl sites for hydroxylation is 1. The van der Waals surface area contributed by atoms with E-state index in [1.807, 2.05) is 11.8 Å². The molecule has 1 saturated heterocycles. The molecule has 1 N–H and O–H groups in total. The zero-order valence-electron chi connectivity index (χ0n) is 14.2. The second-order valence-electron chi connectivity index (χ2n) is 7.26. The minimum Gasteiger partial charge on any atom is -0.367 e. The summed E-state index contributed by atoms with van der Waals surface area (Å²) in [6.07, 6.45) is 1.24. The smallest absolute Gasteiger partial charge is 0.173 e. The largest absolute Gasteiger partial charge is 0.367 e. The molecule has 2 unspecified atom stereocenters. The van der Waals surface area contributed by atoms with Crippen molar-refractivity contribution in [1.29, 1.82) is 0 Å². The van der Waals surface area contributed by atoms with Crippen LogP contribution in [0.4, 0.5) is 0 Å². The summed E-state index contributed by atoms with van der Waals surface area (Å²) in [5, 5.41) is 9.95. The lowest BCUT2D eigenvalue weighted by molar-refractivity contribution is -0.276. The van der Waals surface area contributed by atoms with Crippen molar-refractivity contribution in [2.75, 3.05) is 18.8 Å². The number of ether oxygens (including phenoxy) is 2. The predicted molar refractivity (Wildman–Crippen MR) is 92.5 cm³/mol. The van der Waals surface area contributed by atoms with Crippen molar-refractivity contribution in [2.45, 2.75) is 63.2 Å². The molecule has 0 saturated carbocycles. The van der Waals surface area contributed by atoms with Gasteiger partial charge in [-0.2, -0.15) is 0 Å². The van der Waals surface area contributed by atoms with Crippen molar-refractivity contribution in [3.8, 4) is 0 Å². The third kappa shape index (κ3) is 4.28. The maximum atomic E-state index is 9.95. The van der Waals surface area contributed by atoms with E-state index in [0.717, 1.165) is 6.42 Å². The Morgan fingerprint density at radius 1 is 1.35 bits per heavy atom. The number of rotatable bonds is 3. The molecular formula is C18H27NO3S. The predicted octanol–water partition coefficient (Wildman–Crippen LogP) is 3.02. The van der Waals surface area contributed by atoms with Crippen LogP contribution in [0.25, 0.3) is 0 Å². The van der Waals surface area contributed by atoms with Crippen molar-refractivity contribution >= 4 is 11.8 Å². The van der Waals surface area contributed by atoms with E-state index in [4.69, 9.17) is 9.47 Å². The maximum absolute atomic E-state index is 9.95. The fourth-order valence-electron chi connectivity index (χ4n) is 3.10. The summed E-state index contributed by atoms with van der Waals surface area (Å²) in [6, 6.07) is 6.46. The minimum atomic E-state index is -0.785. The Kier molecular flexibility index (Phi) is 5.33. The highest BCUT2D eigenvalue weighted by atomic mass is 32.2. The van der Waals surface area contributed by atoms with Gasteiger partial charge in [-0.15, -0.1) is 11.8 Å². The molecule has 128 valence electrons. The van der Waals surface area contributed by atoms with E-state index in [1.165, 1.54) is 28.2 Å². The van der Waals surface area contributed by atoms with Gasteiger partial charge in [0.1, 0.15) is 0 Å². The Labute approximate surface area is 143 Å². The number of hydrogen-bond donors (Lipinski definition) is 1. The quantitative estimate of drug-likeness (QED) is 0.918. The first-order chi connectivity index (χ1) is 10.9. The average Bonchev–Trinajstić information content (AvgIpc) is 2.51. The number of nitrogens with zero attached hydrogens (tertiary/aromatic N) is 1. The zero-order chi connectivity index (χ0) is 16.4. The molecule has 2 aliphatic heterocycles. The Morgan fingerprint density at radius 3 is 2.96 bits per heavy atom. The summed E-state index contributed by atoms with van der Waals surface area (Å²) in [5.74, 6) is 1.18. The van der Waals surface area contributed by atoms with Crippen molar-refractivity contribution in [3.05, 3.63) is 29.3 Å². The number of benzene rings is 1. The molecule has 23 heavy (non-hydrogen) atoms. The summed E-state index contributed by atoms with van der Waals surface area (Å²) >= 11 is 1.93. The number of fused-ring (bicyclic) bond motifs is 1. The van der Waals surface area contributed by atoms with Gasteiger partial charge < -0.3 is 14.6 Å². The van der Waals surface area contributed by atoms with Crippen LogP contribution in [-0.4, -0.2) is 47.0 Å². The molecule has 0 radical (unpaired) electrons. The van der Waals surface area contributed by atoms with Crippen molar-refractivity contribution in [3.63, 3.8) is 0 Å². The Bertz CT molecular complexity index is 544. The van der Waals surface area contributed by atoms with E-state index in [2.05, 4.69) is 43.9 Å². The summed E-state index contributed by atoms with van der Waals surface area (Å²) in [5.41, 5.74) is 2.66. The topological polar surface area (TPSA) is 41.9 Å². The summed E-state index contributed by atoms with van der Waals surface area (Å²) in [7, 11) is 0. The number of aliphatic hydroxyl groups excluding tert-OH is 1. The Balaban J connectivity index is 1.64. The Morgan fingerprint density at radius 2 is 2.17 bits per heavy atom. The van der Waals surface area contributed by atoms with Crippen LogP contribution in [0.5, 0.6) is 0 Å². The Hall–Kier alpha value is -0.590. The van der Waals surface area contributed by atoms with Gasteiger partial charge in [-0.25, -0.2) is 0 Å². The molecular weight excluding hydrogens is 310 g/mol. The molecule has 0 bridgehead atoms. The van der Waals surface area contributed by atoms with Crippen molar-refractivity contribution in [2.24, 2.45) is 0 Å². The van der Waals surface area contributed by atoms with E-state index >= 15 is 0 Å². The van der Waals surface area contributed by atoms with Crippen LogP contribution in [0, 0.1) is 0 Å². The number of hydrogen-bond acceptors (Lipinski definition) is 5. The maximum Gasteiger partial charge on any atom is 0.173 e. The van der Waals surface area contributed by atoms with Gasteiger partial charge in [0.05, 0.1) is 19.7 Å². The average molecular weight is 337 g/mol. The molecule has 3 rings (SSSR count). The molecule has 1 aromatic rings. The standard InChI is InChI=1S/C18H27NO3S/c1-18(2,3)19-10-15(20)22-16(11-19)21-12-14-7-4-6-13-8-5-9-23-17(13)14/h4,6-7,15-16,20H,5,8-12H2,1-3H3. The highest BCUT2D eigenvalue weighted by Gasteiger charge is 2.33. The number of thioether (sulfide) groups is 1. The van der Waals surface area contributed by atoms with Crippen LogP contribution in [0.2, 0.25) is 0 Å². The third-order valence-corrected chi connectivity index (χ3v) is 5.75. The van der Waals surface area contributed by atoms with E-state index in [1.54, 1.807) is 0 Å². The van der Waals surface area contributed by atoms with Crippen LogP contribution in [-0.2, 0) is 22.5 Å². The molecule has 0 amide bonds. The molecule has 2 heterocycles. The highest BCUT2D eigenvalue weighted by Crippen LogP contribution is 2.33. The van der Waals surface area contributed by atoms with Gasteiger partial charge in [-0.05, 0) is 50.5 Å². The van der Waals surface area contributed by atoms with Crippen LogP contribution >= 0.6 is 11.8 Å². The number of morpholine rings is 1. The van der Waals surface area contributed by atoms with Gasteiger partial charge in [0.15, 0.2) is 12.6 Å². The lowest BCUT2D eigenvalue weighted by atomic mass is 10.1. The number of aliphatic hydroxyl groups is 1. The normalized spacial score (nSPS) is 26.1. The SMILES string of the molecule is CC(C)(C)N1CC(O)OC(OCc2cccc3c2SCCC3)C1. The highest BCUT2D eigenvalue weighted by molar-refractivity contribution is 7.99. The fraction of sp³-hybridized carbons (Fsp3) is 0.667. The second kappa shape index (κ2) is 7.11. The van der Waals surface area contributed by atoms with Gasteiger partial charge in [0, 0.05) is 10.4 Å². The van der Waals surface area contributed by atoms with Crippen molar-refractivity contribution < 1.29 is 14.6 Å². The van der Waals surface area contributed by atoms with Gasteiger partial charge in [0.25, 0.3) is 0 Å². The lowest BCUT2D eigenvalue weighted by Crippen LogP contribution is -2.55. The third-order valence-electron chi connectivity index (χ3n) is 4.44. The molecule has 4 nitrogen and oxygen atoms in total. The lowest BCUT2D eigenvalue weighted by Gasteiger charge is -2.43. The first kappa shape index (κ1) is 17.2. The van der Waals surface area contributed by atoms with E-state index in [0.29, 0.717) is 19.7 Å². The molecule has 1 fully saturated rings. The van der Waals surface area contributed by atoms with Gasteiger partial charge in [0.2, 0.25) is 0 Å². The van der Waals surface area contributed by atoms with Crippen LogP contribution in [0.15, 0.2) is 23.1 Å². The summed E-state index contributed by atoms with van der Waals surface area (Å²) in [4.78, 5) is 3.59.